The molecule has 0 aliphatic heterocycles. The van der Waals surface area contributed by atoms with Crippen molar-refractivity contribution in [1.82, 2.24) is 0 Å². The van der Waals surface area contributed by atoms with Crippen LogP contribution in [0.5, 0.6) is 0 Å². The van der Waals surface area contributed by atoms with Gasteiger partial charge in [0.2, 0.25) is 0 Å². The molecule has 3 heteroatoms. The molecule has 0 aliphatic carbocycles. The SMILES string of the molecule is CCc1ccc(N(C)C)c(CC(=O)O)c1. The number of nitrogens with zero attached hydrogens (tertiary/aromatic N) is 1. The van der Waals surface area contributed by atoms with Crippen LogP contribution >= 0.6 is 0 Å². The quantitative estimate of drug-likeness (QED) is 0.820. The van der Waals surface area contributed by atoms with E-state index in [-0.39, 0.29) is 6.42 Å². The molecule has 15 heavy (non-hydrogen) atoms. The van der Waals surface area contributed by atoms with Crippen molar-refractivity contribution < 1.29 is 9.90 Å². The monoisotopic (exact) mass is 207 g/mol. The van der Waals surface area contributed by atoms with Gasteiger partial charge in [0, 0.05) is 19.8 Å². The summed E-state index contributed by atoms with van der Waals surface area (Å²) in [5.74, 6) is -0.786. The fraction of sp³-hybridized carbons (Fsp3) is 0.417. The fourth-order valence-electron chi connectivity index (χ4n) is 1.60. The van der Waals surface area contributed by atoms with Crippen LogP contribution in [0, 0.1) is 0 Å². The van der Waals surface area contributed by atoms with E-state index >= 15 is 0 Å². The Hall–Kier alpha value is -1.51. The largest absolute Gasteiger partial charge is 0.481 e. The smallest absolute Gasteiger partial charge is 0.307 e. The normalized spacial score (nSPS) is 10.1. The molecule has 0 heterocycles. The van der Waals surface area contributed by atoms with E-state index in [4.69, 9.17) is 5.11 Å². The highest BCUT2D eigenvalue weighted by atomic mass is 16.4. The van der Waals surface area contributed by atoms with Crippen molar-refractivity contribution >= 4 is 11.7 Å². The predicted molar refractivity (Wildman–Crippen MR) is 61.5 cm³/mol. The fourth-order valence-corrected chi connectivity index (χ4v) is 1.60. The van der Waals surface area contributed by atoms with Crippen LogP contribution < -0.4 is 4.90 Å². The summed E-state index contributed by atoms with van der Waals surface area (Å²) < 4.78 is 0. The van der Waals surface area contributed by atoms with E-state index in [1.807, 2.05) is 37.2 Å². The van der Waals surface area contributed by atoms with Crippen LogP contribution in [0.4, 0.5) is 5.69 Å². The summed E-state index contributed by atoms with van der Waals surface area (Å²) in [5.41, 5.74) is 3.04. The lowest BCUT2D eigenvalue weighted by atomic mass is 10.0. The van der Waals surface area contributed by atoms with Gasteiger partial charge < -0.3 is 10.0 Å². The molecule has 0 aromatic heterocycles. The lowest BCUT2D eigenvalue weighted by Crippen LogP contribution is -2.13. The molecule has 0 fully saturated rings. The van der Waals surface area contributed by atoms with Crippen LogP contribution in [-0.4, -0.2) is 25.2 Å². The molecule has 0 radical (unpaired) electrons. The third kappa shape index (κ3) is 2.98. The highest BCUT2D eigenvalue weighted by molar-refractivity contribution is 5.73. The van der Waals surface area contributed by atoms with Gasteiger partial charge in [-0.2, -0.15) is 0 Å². The van der Waals surface area contributed by atoms with E-state index in [9.17, 15) is 4.79 Å². The maximum Gasteiger partial charge on any atom is 0.307 e. The van der Waals surface area contributed by atoms with Crippen LogP contribution in [0.1, 0.15) is 18.1 Å². The lowest BCUT2D eigenvalue weighted by molar-refractivity contribution is -0.136. The topological polar surface area (TPSA) is 40.5 Å². The molecule has 1 rings (SSSR count). The first kappa shape index (κ1) is 11.6. The molecule has 82 valence electrons. The molecule has 0 spiro atoms. The third-order valence-corrected chi connectivity index (χ3v) is 2.38. The van der Waals surface area contributed by atoms with Crippen molar-refractivity contribution in [1.29, 1.82) is 0 Å². The number of benzene rings is 1. The number of carboxylic acid groups (broad SMARTS) is 1. The summed E-state index contributed by atoms with van der Waals surface area (Å²) in [6.45, 7) is 2.06. The number of rotatable bonds is 4. The zero-order valence-corrected chi connectivity index (χ0v) is 9.45. The summed E-state index contributed by atoms with van der Waals surface area (Å²) in [5, 5.41) is 8.82. The van der Waals surface area contributed by atoms with Crippen LogP contribution in [0.25, 0.3) is 0 Å². The highest BCUT2D eigenvalue weighted by Gasteiger charge is 2.08. The predicted octanol–water partition coefficient (Wildman–Crippen LogP) is 1.94. The van der Waals surface area contributed by atoms with Gasteiger partial charge in [0.05, 0.1) is 6.42 Å². The number of carboxylic acids is 1. The van der Waals surface area contributed by atoms with Gasteiger partial charge in [-0.05, 0) is 23.6 Å². The standard InChI is InChI=1S/C12H17NO2/c1-4-9-5-6-11(13(2)3)10(7-9)8-12(14)15/h5-7H,4,8H2,1-3H3,(H,14,15). The summed E-state index contributed by atoms with van der Waals surface area (Å²) in [6, 6.07) is 6.00. The minimum atomic E-state index is -0.786. The summed E-state index contributed by atoms with van der Waals surface area (Å²) in [6.07, 6.45) is 1.02. The number of aryl methyl sites for hydroxylation is 1. The molecule has 0 aliphatic rings. The molecule has 1 aromatic carbocycles. The van der Waals surface area contributed by atoms with Gasteiger partial charge >= 0.3 is 5.97 Å². The zero-order chi connectivity index (χ0) is 11.4. The van der Waals surface area contributed by atoms with E-state index in [1.54, 1.807) is 0 Å². The highest BCUT2D eigenvalue weighted by Crippen LogP contribution is 2.21. The van der Waals surface area contributed by atoms with E-state index < -0.39 is 5.97 Å². The van der Waals surface area contributed by atoms with E-state index in [0.29, 0.717) is 0 Å². The van der Waals surface area contributed by atoms with Gasteiger partial charge in [0.25, 0.3) is 0 Å². The number of aliphatic carboxylic acids is 1. The van der Waals surface area contributed by atoms with Crippen molar-refractivity contribution in [3.8, 4) is 0 Å². The van der Waals surface area contributed by atoms with Gasteiger partial charge in [0.15, 0.2) is 0 Å². The maximum atomic E-state index is 10.7. The van der Waals surface area contributed by atoms with Crippen LogP contribution in [0.3, 0.4) is 0 Å². The molecule has 1 N–H and O–H groups in total. The van der Waals surface area contributed by atoms with Crippen molar-refractivity contribution in [3.05, 3.63) is 29.3 Å². The molecular weight excluding hydrogens is 190 g/mol. The van der Waals surface area contributed by atoms with E-state index in [0.717, 1.165) is 17.7 Å². The van der Waals surface area contributed by atoms with Gasteiger partial charge in [0.1, 0.15) is 0 Å². The Morgan fingerprint density at radius 3 is 2.53 bits per heavy atom. The number of carbonyl (C=O) groups is 1. The summed E-state index contributed by atoms with van der Waals surface area (Å²) in [4.78, 5) is 12.7. The molecule has 0 atom stereocenters. The van der Waals surface area contributed by atoms with Crippen molar-refractivity contribution in [2.75, 3.05) is 19.0 Å². The second-order valence-corrected chi connectivity index (χ2v) is 3.78. The Bertz CT molecular complexity index is 359. The number of hydrogen-bond acceptors (Lipinski definition) is 2. The van der Waals surface area contributed by atoms with Crippen molar-refractivity contribution in [2.24, 2.45) is 0 Å². The average molecular weight is 207 g/mol. The van der Waals surface area contributed by atoms with Crippen LogP contribution in [0.15, 0.2) is 18.2 Å². The zero-order valence-electron chi connectivity index (χ0n) is 9.45. The van der Waals surface area contributed by atoms with Gasteiger partial charge in [-0.1, -0.05) is 19.1 Å². The minimum Gasteiger partial charge on any atom is -0.481 e. The molecule has 0 unspecified atom stereocenters. The van der Waals surface area contributed by atoms with Gasteiger partial charge in [-0.3, -0.25) is 4.79 Å². The second-order valence-electron chi connectivity index (χ2n) is 3.78. The molecule has 1 aromatic rings. The molecule has 3 nitrogen and oxygen atoms in total. The first-order valence-electron chi connectivity index (χ1n) is 5.05. The summed E-state index contributed by atoms with van der Waals surface area (Å²) in [7, 11) is 3.85. The Kier molecular flexibility index (Phi) is 3.72. The van der Waals surface area contributed by atoms with E-state index in [2.05, 4.69) is 6.92 Å². The Balaban J connectivity index is 3.10. The molecule has 0 saturated carbocycles. The second kappa shape index (κ2) is 4.82. The lowest BCUT2D eigenvalue weighted by Gasteiger charge is -2.17. The van der Waals surface area contributed by atoms with Gasteiger partial charge in [-0.25, -0.2) is 0 Å². The average Bonchev–Trinajstić information content (AvgIpc) is 2.16. The van der Waals surface area contributed by atoms with Crippen LogP contribution in [0.2, 0.25) is 0 Å². The first-order chi connectivity index (χ1) is 7.04. The molecular formula is C12H17NO2. The minimum absolute atomic E-state index is 0.0847. The Morgan fingerprint density at radius 2 is 2.07 bits per heavy atom. The molecule has 0 bridgehead atoms. The van der Waals surface area contributed by atoms with E-state index in [1.165, 1.54) is 5.56 Å². The number of anilines is 1. The van der Waals surface area contributed by atoms with Gasteiger partial charge in [-0.15, -0.1) is 0 Å². The first-order valence-corrected chi connectivity index (χ1v) is 5.05. The number of hydrogen-bond donors (Lipinski definition) is 1. The summed E-state index contributed by atoms with van der Waals surface area (Å²) >= 11 is 0. The molecule has 0 amide bonds. The molecule has 0 saturated heterocycles. The van der Waals surface area contributed by atoms with Crippen molar-refractivity contribution in [3.63, 3.8) is 0 Å². The third-order valence-electron chi connectivity index (χ3n) is 2.38. The maximum absolute atomic E-state index is 10.7. The van der Waals surface area contributed by atoms with Crippen molar-refractivity contribution in [2.45, 2.75) is 19.8 Å². The Labute approximate surface area is 90.3 Å². The Morgan fingerprint density at radius 1 is 1.40 bits per heavy atom. The van der Waals surface area contributed by atoms with Crippen LogP contribution in [-0.2, 0) is 17.6 Å².